The number of carbonyl (C=O) groups is 4. The molecule has 0 bridgehead atoms. The van der Waals surface area contributed by atoms with Gasteiger partial charge in [-0.25, -0.2) is 4.79 Å². The smallest absolute Gasteiger partial charge is 0.408 e. The van der Waals surface area contributed by atoms with Crippen LogP contribution in [0.5, 0.6) is 5.75 Å². The molecular formula is C30H42N4O6. The van der Waals surface area contributed by atoms with Gasteiger partial charge < -0.3 is 30.7 Å². The van der Waals surface area contributed by atoms with E-state index in [1.807, 2.05) is 32.0 Å². The van der Waals surface area contributed by atoms with Crippen LogP contribution in [0, 0.1) is 13.8 Å². The number of methoxy groups -OCH3 is 1. The van der Waals surface area contributed by atoms with E-state index in [0.29, 0.717) is 17.0 Å². The molecule has 0 heterocycles. The lowest BCUT2D eigenvalue weighted by Gasteiger charge is -2.37. The van der Waals surface area contributed by atoms with E-state index >= 15 is 0 Å². The van der Waals surface area contributed by atoms with Gasteiger partial charge in [-0.3, -0.25) is 14.4 Å². The van der Waals surface area contributed by atoms with Crippen LogP contribution in [0.25, 0.3) is 0 Å². The summed E-state index contributed by atoms with van der Waals surface area (Å²) >= 11 is 0. The first-order chi connectivity index (χ1) is 18.6. The highest BCUT2D eigenvalue weighted by Crippen LogP contribution is 2.29. The summed E-state index contributed by atoms with van der Waals surface area (Å²) in [4.78, 5) is 53.7. The molecule has 0 aliphatic rings. The highest BCUT2D eigenvalue weighted by Gasteiger charge is 2.38. The van der Waals surface area contributed by atoms with Gasteiger partial charge in [-0.15, -0.1) is 0 Å². The normalized spacial score (nSPS) is 12.7. The monoisotopic (exact) mass is 554 g/mol. The van der Waals surface area contributed by atoms with Crippen molar-refractivity contribution in [2.45, 2.75) is 85.0 Å². The van der Waals surface area contributed by atoms with Gasteiger partial charge in [0.2, 0.25) is 11.8 Å². The van der Waals surface area contributed by atoms with Gasteiger partial charge in [-0.05, 0) is 95.8 Å². The Hall–Kier alpha value is -4.08. The number of primary amides is 1. The molecule has 218 valence electrons. The Balaban J connectivity index is 2.54. The number of nitrogens with zero attached hydrogens (tertiary/aromatic N) is 1. The van der Waals surface area contributed by atoms with E-state index in [0.717, 1.165) is 11.1 Å². The van der Waals surface area contributed by atoms with Gasteiger partial charge in [-0.2, -0.15) is 0 Å². The molecule has 0 aliphatic heterocycles. The number of nitrogens with two attached hydrogens (primary N) is 1. The molecule has 2 atom stereocenters. The number of ether oxygens (including phenoxy) is 2. The molecule has 2 aromatic carbocycles. The molecule has 40 heavy (non-hydrogen) atoms. The second-order valence-corrected chi connectivity index (χ2v) is 11.0. The number of amides is 4. The number of hydrogen-bond donors (Lipinski definition) is 3. The first-order valence-corrected chi connectivity index (χ1v) is 13.2. The summed E-state index contributed by atoms with van der Waals surface area (Å²) in [6.45, 7) is 12.6. The third kappa shape index (κ3) is 9.29. The van der Waals surface area contributed by atoms with Gasteiger partial charge >= 0.3 is 6.09 Å². The maximum absolute atomic E-state index is 14.1. The van der Waals surface area contributed by atoms with E-state index in [1.165, 1.54) is 4.90 Å². The Kier molecular flexibility index (Phi) is 11.1. The number of aryl methyl sites for hydroxylation is 2. The van der Waals surface area contributed by atoms with Crippen molar-refractivity contribution in [3.05, 3.63) is 59.2 Å². The van der Waals surface area contributed by atoms with Gasteiger partial charge in [0.25, 0.3) is 5.91 Å². The lowest BCUT2D eigenvalue weighted by molar-refractivity contribution is -0.143. The first kappa shape index (κ1) is 32.1. The maximum atomic E-state index is 14.1. The molecule has 2 rings (SSSR count). The van der Waals surface area contributed by atoms with Crippen molar-refractivity contribution < 1.29 is 28.7 Å². The standard InChI is InChI=1S/C30H42N4O6/c1-18(2)34(28(37)24(15-16-25(31)35)33-29(38)40-30(5,6)7)26(21-10-9-19(3)20(4)17-21)27(36)32-22-11-13-23(39-8)14-12-22/h9-14,17-18,24,26H,15-16H2,1-8H3,(H2,31,35)(H,32,36)(H,33,38). The van der Waals surface area contributed by atoms with Gasteiger partial charge in [0.15, 0.2) is 0 Å². The highest BCUT2D eigenvalue weighted by atomic mass is 16.6. The molecule has 4 N–H and O–H groups in total. The lowest BCUT2D eigenvalue weighted by Crippen LogP contribution is -2.54. The predicted molar refractivity (Wildman–Crippen MR) is 154 cm³/mol. The summed E-state index contributed by atoms with van der Waals surface area (Å²) in [5, 5.41) is 5.49. The van der Waals surface area contributed by atoms with Crippen LogP contribution >= 0.6 is 0 Å². The fourth-order valence-corrected chi connectivity index (χ4v) is 4.11. The molecule has 0 saturated carbocycles. The number of rotatable bonds is 11. The van der Waals surface area contributed by atoms with E-state index < -0.39 is 47.5 Å². The Bertz CT molecular complexity index is 1200. The average molecular weight is 555 g/mol. The van der Waals surface area contributed by atoms with Gasteiger partial charge in [0.05, 0.1) is 7.11 Å². The van der Waals surface area contributed by atoms with E-state index in [-0.39, 0.29) is 12.8 Å². The van der Waals surface area contributed by atoms with Crippen LogP contribution in [0.15, 0.2) is 42.5 Å². The van der Waals surface area contributed by atoms with Crippen LogP contribution in [0.1, 0.15) is 70.2 Å². The number of hydrogen-bond acceptors (Lipinski definition) is 6. The Morgan fingerprint density at radius 3 is 2.10 bits per heavy atom. The minimum Gasteiger partial charge on any atom is -0.497 e. The van der Waals surface area contributed by atoms with Gasteiger partial charge in [-0.1, -0.05) is 18.2 Å². The summed E-state index contributed by atoms with van der Waals surface area (Å²) in [6.07, 6.45) is -1.02. The number of anilines is 1. The molecule has 0 aromatic heterocycles. The summed E-state index contributed by atoms with van der Waals surface area (Å²) in [6, 6.07) is 9.75. The molecule has 10 heteroatoms. The highest BCUT2D eigenvalue weighted by molar-refractivity contribution is 5.99. The van der Waals surface area contributed by atoms with Crippen LogP contribution in [0.4, 0.5) is 10.5 Å². The summed E-state index contributed by atoms with van der Waals surface area (Å²) in [5.74, 6) is -0.979. The minimum absolute atomic E-state index is 0.0592. The topological polar surface area (TPSA) is 140 Å². The lowest BCUT2D eigenvalue weighted by atomic mass is 9.96. The third-order valence-corrected chi connectivity index (χ3v) is 6.21. The summed E-state index contributed by atoms with van der Waals surface area (Å²) < 4.78 is 10.6. The Labute approximate surface area is 236 Å². The molecule has 0 fully saturated rings. The van der Waals surface area contributed by atoms with Crippen LogP contribution in [-0.2, 0) is 19.1 Å². The zero-order chi connectivity index (χ0) is 30.2. The quantitative estimate of drug-likeness (QED) is 0.376. The largest absolute Gasteiger partial charge is 0.497 e. The SMILES string of the molecule is COc1ccc(NC(=O)C(c2ccc(C)c(C)c2)N(C(=O)C(CCC(N)=O)NC(=O)OC(C)(C)C)C(C)C)cc1. The summed E-state index contributed by atoms with van der Waals surface area (Å²) in [7, 11) is 1.55. The fraction of sp³-hybridized carbons (Fsp3) is 0.467. The van der Waals surface area contributed by atoms with E-state index in [4.69, 9.17) is 15.2 Å². The van der Waals surface area contributed by atoms with Crippen LogP contribution in [0.3, 0.4) is 0 Å². The van der Waals surface area contributed by atoms with Crippen molar-refractivity contribution in [1.82, 2.24) is 10.2 Å². The van der Waals surface area contributed by atoms with Crippen molar-refractivity contribution >= 4 is 29.5 Å². The fourth-order valence-electron chi connectivity index (χ4n) is 4.11. The van der Waals surface area contributed by atoms with Gasteiger partial charge in [0.1, 0.15) is 23.4 Å². The predicted octanol–water partition coefficient (Wildman–Crippen LogP) is 4.39. The molecule has 4 amide bonds. The molecule has 0 aliphatic carbocycles. The zero-order valence-corrected chi connectivity index (χ0v) is 24.7. The Morgan fingerprint density at radius 2 is 1.60 bits per heavy atom. The number of carbonyl (C=O) groups excluding carboxylic acids is 4. The van der Waals surface area contributed by atoms with Crippen LogP contribution < -0.4 is 21.1 Å². The second-order valence-electron chi connectivity index (χ2n) is 11.0. The van der Waals surface area contributed by atoms with Gasteiger partial charge in [0, 0.05) is 18.2 Å². The molecular weight excluding hydrogens is 512 g/mol. The van der Waals surface area contributed by atoms with Crippen LogP contribution in [0.2, 0.25) is 0 Å². The number of alkyl carbamates (subject to hydrolysis) is 1. The molecule has 2 aromatic rings. The second kappa shape index (κ2) is 13.8. The van der Waals surface area contributed by atoms with Crippen LogP contribution in [-0.4, -0.2) is 53.5 Å². The molecule has 0 radical (unpaired) electrons. The van der Waals surface area contributed by atoms with Crippen molar-refractivity contribution in [3.8, 4) is 5.75 Å². The third-order valence-electron chi connectivity index (χ3n) is 6.21. The van der Waals surface area contributed by atoms with Crippen molar-refractivity contribution in [2.24, 2.45) is 5.73 Å². The molecule has 0 saturated heterocycles. The molecule has 10 nitrogen and oxygen atoms in total. The number of benzene rings is 2. The minimum atomic E-state index is -1.16. The Morgan fingerprint density at radius 1 is 0.975 bits per heavy atom. The van der Waals surface area contributed by atoms with Crippen molar-refractivity contribution in [2.75, 3.05) is 12.4 Å². The zero-order valence-electron chi connectivity index (χ0n) is 24.7. The van der Waals surface area contributed by atoms with Crippen molar-refractivity contribution in [3.63, 3.8) is 0 Å². The average Bonchev–Trinajstić information content (AvgIpc) is 2.85. The summed E-state index contributed by atoms with van der Waals surface area (Å²) in [5.41, 5.74) is 7.66. The van der Waals surface area contributed by atoms with Crippen molar-refractivity contribution in [1.29, 1.82) is 0 Å². The first-order valence-electron chi connectivity index (χ1n) is 13.2. The number of nitrogens with one attached hydrogen (secondary N) is 2. The van der Waals surface area contributed by atoms with E-state index in [1.54, 1.807) is 66.0 Å². The maximum Gasteiger partial charge on any atom is 0.408 e. The van der Waals surface area contributed by atoms with E-state index in [9.17, 15) is 19.2 Å². The van der Waals surface area contributed by atoms with E-state index in [2.05, 4.69) is 10.6 Å². The molecule has 0 spiro atoms. The molecule has 2 unspecified atom stereocenters.